The van der Waals surface area contributed by atoms with Crippen LogP contribution in [0.4, 0.5) is 5.82 Å². The molecule has 106 valence electrons. The Bertz CT molecular complexity index is 551. The van der Waals surface area contributed by atoms with E-state index in [4.69, 9.17) is 0 Å². The third-order valence-corrected chi connectivity index (χ3v) is 4.78. The van der Waals surface area contributed by atoms with Gasteiger partial charge < -0.3 is 5.32 Å². The van der Waals surface area contributed by atoms with E-state index in [0.717, 1.165) is 24.2 Å². The van der Waals surface area contributed by atoms with Crippen LogP contribution in [0.25, 0.3) is 10.8 Å². The van der Waals surface area contributed by atoms with Crippen molar-refractivity contribution in [3.05, 3.63) is 36.5 Å². The fraction of sp³-hybridized carbons (Fsp3) is 0.500. The molecule has 1 aromatic heterocycles. The van der Waals surface area contributed by atoms with Crippen molar-refractivity contribution in [1.29, 1.82) is 0 Å². The van der Waals surface area contributed by atoms with Crippen molar-refractivity contribution < 1.29 is 0 Å². The molecule has 0 unspecified atom stereocenters. The Kier molecular flexibility index (Phi) is 4.19. The van der Waals surface area contributed by atoms with Gasteiger partial charge >= 0.3 is 0 Å². The second-order valence-corrected chi connectivity index (χ2v) is 6.06. The summed E-state index contributed by atoms with van der Waals surface area (Å²) in [4.78, 5) is 4.51. The van der Waals surface area contributed by atoms with Crippen molar-refractivity contribution in [3.8, 4) is 0 Å². The lowest BCUT2D eigenvalue weighted by Gasteiger charge is -2.28. The Labute approximate surface area is 121 Å². The Balaban J connectivity index is 1.63. The number of anilines is 1. The molecule has 2 aromatic rings. The van der Waals surface area contributed by atoms with E-state index in [-0.39, 0.29) is 0 Å². The van der Waals surface area contributed by atoms with Crippen molar-refractivity contribution >= 4 is 16.6 Å². The number of pyridine rings is 1. The fourth-order valence-corrected chi connectivity index (χ4v) is 3.35. The summed E-state index contributed by atoms with van der Waals surface area (Å²) in [6.45, 7) is 3.39. The summed E-state index contributed by atoms with van der Waals surface area (Å²) in [5.41, 5.74) is 0. The van der Waals surface area contributed by atoms with Gasteiger partial charge in [0.1, 0.15) is 5.82 Å². The molecule has 0 saturated heterocycles. The van der Waals surface area contributed by atoms with E-state index in [9.17, 15) is 0 Å². The molecule has 3 rings (SSSR count). The third kappa shape index (κ3) is 2.95. The molecule has 0 bridgehead atoms. The van der Waals surface area contributed by atoms with Crippen LogP contribution in [0.5, 0.6) is 0 Å². The van der Waals surface area contributed by atoms with Gasteiger partial charge in [-0.2, -0.15) is 0 Å². The van der Waals surface area contributed by atoms with Gasteiger partial charge in [0.15, 0.2) is 0 Å². The molecule has 0 amide bonds. The topological polar surface area (TPSA) is 24.9 Å². The maximum absolute atomic E-state index is 4.51. The minimum Gasteiger partial charge on any atom is -0.369 e. The highest BCUT2D eigenvalue weighted by Crippen LogP contribution is 2.31. The van der Waals surface area contributed by atoms with Gasteiger partial charge in [-0.1, -0.05) is 50.5 Å². The van der Waals surface area contributed by atoms with Gasteiger partial charge in [-0.05, 0) is 36.1 Å². The smallest absolute Gasteiger partial charge is 0.133 e. The number of hydrogen-bond acceptors (Lipinski definition) is 2. The normalized spacial score (nSPS) is 22.9. The number of hydrogen-bond donors (Lipinski definition) is 1. The quantitative estimate of drug-likeness (QED) is 0.856. The molecule has 1 aliphatic carbocycles. The van der Waals surface area contributed by atoms with Gasteiger partial charge in [0, 0.05) is 18.1 Å². The van der Waals surface area contributed by atoms with Crippen molar-refractivity contribution in [2.24, 2.45) is 11.8 Å². The molecule has 1 saturated carbocycles. The number of fused-ring (bicyclic) bond motifs is 1. The van der Waals surface area contributed by atoms with Crippen LogP contribution in [0, 0.1) is 11.8 Å². The first-order valence-corrected chi connectivity index (χ1v) is 7.94. The van der Waals surface area contributed by atoms with Gasteiger partial charge in [0.25, 0.3) is 0 Å². The van der Waals surface area contributed by atoms with E-state index in [1.54, 1.807) is 0 Å². The van der Waals surface area contributed by atoms with E-state index >= 15 is 0 Å². The number of aromatic nitrogens is 1. The van der Waals surface area contributed by atoms with Gasteiger partial charge in [0.2, 0.25) is 0 Å². The lowest BCUT2D eigenvalue weighted by atomic mass is 9.81. The Morgan fingerprint density at radius 2 is 1.80 bits per heavy atom. The lowest BCUT2D eigenvalue weighted by Crippen LogP contribution is -2.21. The summed E-state index contributed by atoms with van der Waals surface area (Å²) in [7, 11) is 0. The highest BCUT2D eigenvalue weighted by atomic mass is 15.0. The van der Waals surface area contributed by atoms with Crippen molar-refractivity contribution in [1.82, 2.24) is 4.98 Å². The predicted molar refractivity (Wildman–Crippen MR) is 86.0 cm³/mol. The molecule has 0 radical (unpaired) electrons. The highest BCUT2D eigenvalue weighted by Gasteiger charge is 2.19. The SMILES string of the molecule is CCC1CCC(CNc2nccc3ccccc23)CC1. The molecular formula is C18H24N2. The Morgan fingerprint density at radius 3 is 2.60 bits per heavy atom. The summed E-state index contributed by atoms with van der Waals surface area (Å²) in [6.07, 6.45) is 8.81. The monoisotopic (exact) mass is 268 g/mol. The molecule has 2 heteroatoms. The molecule has 0 spiro atoms. The third-order valence-electron chi connectivity index (χ3n) is 4.78. The first kappa shape index (κ1) is 13.4. The van der Waals surface area contributed by atoms with Crippen LogP contribution in [0.1, 0.15) is 39.0 Å². The van der Waals surface area contributed by atoms with Crippen molar-refractivity contribution in [3.63, 3.8) is 0 Å². The van der Waals surface area contributed by atoms with Crippen LogP contribution >= 0.6 is 0 Å². The molecule has 1 aromatic carbocycles. The van der Waals surface area contributed by atoms with Crippen molar-refractivity contribution in [2.45, 2.75) is 39.0 Å². The molecular weight excluding hydrogens is 244 g/mol. The van der Waals surface area contributed by atoms with Crippen LogP contribution in [0.15, 0.2) is 36.5 Å². The van der Waals surface area contributed by atoms with Gasteiger partial charge in [-0.25, -0.2) is 4.98 Å². The zero-order chi connectivity index (χ0) is 13.8. The second-order valence-electron chi connectivity index (χ2n) is 6.06. The molecule has 2 nitrogen and oxygen atoms in total. The number of nitrogens with zero attached hydrogens (tertiary/aromatic N) is 1. The van der Waals surface area contributed by atoms with E-state index in [0.29, 0.717) is 0 Å². The van der Waals surface area contributed by atoms with Crippen LogP contribution in [-0.4, -0.2) is 11.5 Å². The predicted octanol–water partition coefficient (Wildman–Crippen LogP) is 4.86. The first-order valence-electron chi connectivity index (χ1n) is 7.94. The maximum Gasteiger partial charge on any atom is 0.133 e. The fourth-order valence-electron chi connectivity index (χ4n) is 3.35. The number of rotatable bonds is 4. The van der Waals surface area contributed by atoms with Crippen LogP contribution < -0.4 is 5.32 Å². The van der Waals surface area contributed by atoms with Gasteiger partial charge in [0.05, 0.1) is 0 Å². The minimum absolute atomic E-state index is 0.818. The minimum atomic E-state index is 0.818. The zero-order valence-electron chi connectivity index (χ0n) is 12.3. The molecule has 1 fully saturated rings. The Morgan fingerprint density at radius 1 is 1.05 bits per heavy atom. The van der Waals surface area contributed by atoms with Crippen LogP contribution in [0.3, 0.4) is 0 Å². The van der Waals surface area contributed by atoms with E-state index < -0.39 is 0 Å². The van der Waals surface area contributed by atoms with Gasteiger partial charge in [-0.15, -0.1) is 0 Å². The standard InChI is InChI=1S/C18H24N2/c1-2-14-7-9-15(10-8-14)13-20-18-17-6-4-3-5-16(17)11-12-19-18/h3-6,11-12,14-15H,2,7-10,13H2,1H3,(H,19,20). The van der Waals surface area contributed by atoms with Crippen LogP contribution in [0.2, 0.25) is 0 Å². The molecule has 0 atom stereocenters. The summed E-state index contributed by atoms with van der Waals surface area (Å²) in [5, 5.41) is 6.08. The maximum atomic E-state index is 4.51. The molecule has 1 aliphatic rings. The number of nitrogens with one attached hydrogen (secondary N) is 1. The average Bonchev–Trinajstić information content (AvgIpc) is 2.53. The average molecular weight is 268 g/mol. The first-order chi connectivity index (χ1) is 9.86. The van der Waals surface area contributed by atoms with Crippen LogP contribution in [-0.2, 0) is 0 Å². The highest BCUT2D eigenvalue weighted by molar-refractivity contribution is 5.91. The Hall–Kier alpha value is -1.57. The lowest BCUT2D eigenvalue weighted by molar-refractivity contribution is 0.278. The molecule has 1 N–H and O–H groups in total. The molecule has 0 aliphatic heterocycles. The summed E-state index contributed by atoms with van der Waals surface area (Å²) < 4.78 is 0. The zero-order valence-corrected chi connectivity index (χ0v) is 12.3. The van der Waals surface area contributed by atoms with E-state index in [1.807, 2.05) is 6.20 Å². The largest absolute Gasteiger partial charge is 0.369 e. The summed E-state index contributed by atoms with van der Waals surface area (Å²) >= 11 is 0. The van der Waals surface area contributed by atoms with Crippen molar-refractivity contribution in [2.75, 3.05) is 11.9 Å². The van der Waals surface area contributed by atoms with E-state index in [2.05, 4.69) is 47.6 Å². The summed E-state index contributed by atoms with van der Waals surface area (Å²) in [6, 6.07) is 10.5. The van der Waals surface area contributed by atoms with Gasteiger partial charge in [-0.3, -0.25) is 0 Å². The number of benzene rings is 1. The second kappa shape index (κ2) is 6.25. The molecule has 1 heterocycles. The van der Waals surface area contributed by atoms with E-state index in [1.165, 1.54) is 42.9 Å². The molecule has 20 heavy (non-hydrogen) atoms. The summed E-state index contributed by atoms with van der Waals surface area (Å²) in [5.74, 6) is 2.83.